The van der Waals surface area contributed by atoms with Crippen molar-refractivity contribution in [1.82, 2.24) is 10.6 Å². The highest BCUT2D eigenvalue weighted by Gasteiger charge is 2.20. The number of ether oxygens (including phenoxy) is 1. The molecule has 1 atom stereocenters. The van der Waals surface area contributed by atoms with E-state index in [1.165, 1.54) is 0 Å². The molecule has 0 aliphatic rings. The molecule has 8 nitrogen and oxygen atoms in total. The summed E-state index contributed by atoms with van der Waals surface area (Å²) in [5.74, 6) is -1.35. The molecule has 0 rings (SSSR count). The topological polar surface area (TPSA) is 131 Å². The van der Waals surface area contributed by atoms with Crippen LogP contribution in [0, 0.1) is 5.92 Å². The highest BCUT2D eigenvalue weighted by Crippen LogP contribution is 1.97. The molecule has 0 aromatic rings. The van der Waals surface area contributed by atoms with Crippen molar-refractivity contribution >= 4 is 17.9 Å². The predicted octanol–water partition coefficient (Wildman–Crippen LogP) is 0.0670. The van der Waals surface area contributed by atoms with Crippen molar-refractivity contribution in [3.63, 3.8) is 0 Å². The monoisotopic (exact) mass is 303 g/mol. The first-order chi connectivity index (χ1) is 9.82. The lowest BCUT2D eigenvalue weighted by Gasteiger charge is -2.14. The Morgan fingerprint density at radius 3 is 2.48 bits per heavy atom. The minimum absolute atomic E-state index is 0.0322. The number of nitrogens with two attached hydrogens (primary N) is 1. The van der Waals surface area contributed by atoms with E-state index in [1.807, 2.05) is 13.8 Å². The van der Waals surface area contributed by atoms with Crippen molar-refractivity contribution in [3.8, 4) is 0 Å². The average molecular weight is 303 g/mol. The maximum absolute atomic E-state index is 11.5. The summed E-state index contributed by atoms with van der Waals surface area (Å²) >= 11 is 0. The predicted molar refractivity (Wildman–Crippen MR) is 76.7 cm³/mol. The van der Waals surface area contributed by atoms with Crippen molar-refractivity contribution in [2.75, 3.05) is 19.8 Å². The Hall–Kier alpha value is -1.83. The van der Waals surface area contributed by atoms with Gasteiger partial charge in [-0.05, 0) is 18.8 Å². The van der Waals surface area contributed by atoms with Crippen LogP contribution in [0.5, 0.6) is 0 Å². The zero-order valence-corrected chi connectivity index (χ0v) is 12.6. The first kappa shape index (κ1) is 19.2. The molecule has 0 bridgehead atoms. The Kier molecular flexibility index (Phi) is 9.95. The van der Waals surface area contributed by atoms with Crippen LogP contribution in [0.4, 0.5) is 4.79 Å². The fourth-order valence-electron chi connectivity index (χ4n) is 1.45. The van der Waals surface area contributed by atoms with Crippen LogP contribution in [-0.2, 0) is 14.3 Å². The van der Waals surface area contributed by atoms with Crippen molar-refractivity contribution < 1.29 is 24.2 Å². The highest BCUT2D eigenvalue weighted by atomic mass is 16.5. The summed E-state index contributed by atoms with van der Waals surface area (Å²) in [6.45, 7) is 5.67. The molecule has 0 heterocycles. The fourth-order valence-corrected chi connectivity index (χ4v) is 1.45. The number of hydrogen-bond donors (Lipinski definition) is 4. The first-order valence-electron chi connectivity index (χ1n) is 6.96. The van der Waals surface area contributed by atoms with E-state index in [2.05, 4.69) is 10.6 Å². The molecule has 3 amide bonds. The molecule has 0 radical (unpaired) electrons. The summed E-state index contributed by atoms with van der Waals surface area (Å²) in [6, 6.07) is -1.72. The Bertz CT molecular complexity index is 347. The standard InChI is InChI=1S/C13H25N3O5/c1-9(2)8-21-7-3-6-15-13(20)16-10(12(18)19)4-5-11(14)17/h9-10H,3-8H2,1-2H3,(H2,14,17)(H,18,19)(H2,15,16,20)/t10-/m1/s1. The number of nitrogens with one attached hydrogen (secondary N) is 2. The van der Waals surface area contributed by atoms with Crippen molar-refractivity contribution in [2.45, 2.75) is 39.2 Å². The molecular formula is C13H25N3O5. The number of primary amides is 1. The summed E-state index contributed by atoms with van der Waals surface area (Å²) in [7, 11) is 0. The van der Waals surface area contributed by atoms with Crippen LogP contribution in [0.2, 0.25) is 0 Å². The molecule has 0 fully saturated rings. The lowest BCUT2D eigenvalue weighted by molar-refractivity contribution is -0.139. The van der Waals surface area contributed by atoms with Crippen molar-refractivity contribution in [2.24, 2.45) is 11.7 Å². The van der Waals surface area contributed by atoms with Gasteiger partial charge in [0.1, 0.15) is 6.04 Å². The van der Waals surface area contributed by atoms with Crippen molar-refractivity contribution in [3.05, 3.63) is 0 Å². The number of aliphatic carboxylic acids is 1. The van der Waals surface area contributed by atoms with Gasteiger partial charge in [-0.15, -0.1) is 0 Å². The third-order valence-electron chi connectivity index (χ3n) is 2.49. The minimum Gasteiger partial charge on any atom is -0.480 e. The van der Waals surface area contributed by atoms with Gasteiger partial charge in [-0.3, -0.25) is 4.79 Å². The maximum atomic E-state index is 11.5. The van der Waals surface area contributed by atoms with Crippen LogP contribution >= 0.6 is 0 Å². The number of rotatable bonds is 11. The van der Waals surface area contributed by atoms with E-state index < -0.39 is 23.9 Å². The highest BCUT2D eigenvalue weighted by molar-refractivity contribution is 5.83. The second-order valence-electron chi connectivity index (χ2n) is 5.12. The average Bonchev–Trinajstić information content (AvgIpc) is 2.37. The van der Waals surface area contributed by atoms with E-state index in [1.54, 1.807) is 0 Å². The number of carbonyl (C=O) groups is 3. The zero-order chi connectivity index (χ0) is 16.3. The molecule has 0 aliphatic heterocycles. The lowest BCUT2D eigenvalue weighted by atomic mass is 10.1. The Morgan fingerprint density at radius 1 is 1.29 bits per heavy atom. The quantitative estimate of drug-likeness (QED) is 0.401. The number of hydrogen-bond acceptors (Lipinski definition) is 4. The van der Waals surface area contributed by atoms with Crippen LogP contribution in [0.15, 0.2) is 0 Å². The van der Waals surface area contributed by atoms with Gasteiger partial charge >= 0.3 is 12.0 Å². The third-order valence-corrected chi connectivity index (χ3v) is 2.49. The number of carbonyl (C=O) groups excluding carboxylic acids is 2. The second kappa shape index (κ2) is 10.9. The van der Waals surface area contributed by atoms with Crippen LogP contribution < -0.4 is 16.4 Å². The minimum atomic E-state index is -1.20. The van der Waals surface area contributed by atoms with Crippen LogP contribution in [0.3, 0.4) is 0 Å². The molecule has 5 N–H and O–H groups in total. The van der Waals surface area contributed by atoms with E-state index in [0.29, 0.717) is 32.1 Å². The van der Waals surface area contributed by atoms with Gasteiger partial charge < -0.3 is 26.2 Å². The van der Waals surface area contributed by atoms with E-state index >= 15 is 0 Å². The van der Waals surface area contributed by atoms with Crippen LogP contribution in [0.1, 0.15) is 33.1 Å². The molecular weight excluding hydrogens is 278 g/mol. The second-order valence-corrected chi connectivity index (χ2v) is 5.12. The zero-order valence-electron chi connectivity index (χ0n) is 12.6. The Balaban J connectivity index is 3.83. The number of urea groups is 1. The Morgan fingerprint density at radius 2 is 1.95 bits per heavy atom. The normalized spacial score (nSPS) is 12.0. The molecule has 0 saturated heterocycles. The molecule has 8 heteroatoms. The fraction of sp³-hybridized carbons (Fsp3) is 0.769. The molecule has 0 aromatic heterocycles. The molecule has 0 spiro atoms. The third kappa shape index (κ3) is 11.7. The lowest BCUT2D eigenvalue weighted by Crippen LogP contribution is -2.46. The summed E-state index contributed by atoms with van der Waals surface area (Å²) in [4.78, 5) is 33.0. The van der Waals surface area contributed by atoms with E-state index in [-0.39, 0.29) is 12.8 Å². The van der Waals surface area contributed by atoms with E-state index in [4.69, 9.17) is 15.6 Å². The van der Waals surface area contributed by atoms with E-state index in [9.17, 15) is 14.4 Å². The van der Waals surface area contributed by atoms with Gasteiger partial charge in [0, 0.05) is 26.2 Å². The van der Waals surface area contributed by atoms with Gasteiger partial charge in [-0.2, -0.15) is 0 Å². The van der Waals surface area contributed by atoms with Crippen LogP contribution in [-0.4, -0.2) is 48.8 Å². The summed E-state index contributed by atoms with van der Waals surface area (Å²) in [6.07, 6.45) is 0.509. The number of carboxylic acid groups (broad SMARTS) is 1. The summed E-state index contributed by atoms with van der Waals surface area (Å²) < 4.78 is 5.34. The van der Waals surface area contributed by atoms with E-state index in [0.717, 1.165) is 0 Å². The van der Waals surface area contributed by atoms with Gasteiger partial charge in [0.15, 0.2) is 0 Å². The largest absolute Gasteiger partial charge is 0.480 e. The SMILES string of the molecule is CC(C)COCCCNC(=O)N[C@H](CCC(N)=O)C(=O)O. The number of amides is 3. The summed E-state index contributed by atoms with van der Waals surface area (Å²) in [5, 5.41) is 13.7. The van der Waals surface area contributed by atoms with Gasteiger partial charge in [0.05, 0.1) is 0 Å². The Labute approximate surface area is 124 Å². The van der Waals surface area contributed by atoms with Gasteiger partial charge in [0.2, 0.25) is 5.91 Å². The van der Waals surface area contributed by atoms with Gasteiger partial charge in [-0.25, -0.2) is 9.59 Å². The van der Waals surface area contributed by atoms with Crippen LogP contribution in [0.25, 0.3) is 0 Å². The molecule has 0 aromatic carbocycles. The number of carboxylic acids is 1. The first-order valence-corrected chi connectivity index (χ1v) is 6.96. The van der Waals surface area contributed by atoms with Crippen molar-refractivity contribution in [1.29, 1.82) is 0 Å². The molecule has 0 aliphatic carbocycles. The summed E-state index contributed by atoms with van der Waals surface area (Å²) in [5.41, 5.74) is 4.95. The molecule has 0 saturated carbocycles. The molecule has 0 unspecified atom stereocenters. The maximum Gasteiger partial charge on any atom is 0.326 e. The molecule has 21 heavy (non-hydrogen) atoms. The smallest absolute Gasteiger partial charge is 0.326 e. The molecule has 122 valence electrons. The van der Waals surface area contributed by atoms with Gasteiger partial charge in [-0.1, -0.05) is 13.8 Å². The van der Waals surface area contributed by atoms with Gasteiger partial charge in [0.25, 0.3) is 0 Å².